The molecule has 14 heavy (non-hydrogen) atoms. The molecule has 2 amide bonds. The van der Waals surface area contributed by atoms with E-state index in [9.17, 15) is 14.4 Å². The van der Waals surface area contributed by atoms with E-state index in [0.29, 0.717) is 6.42 Å². The van der Waals surface area contributed by atoms with Crippen molar-refractivity contribution >= 4 is 34.9 Å². The normalized spacial score (nSPS) is 17.6. The SMILES string of the molecule is CCCC(=O)C1C(=O)NC(=S)NC1=O. The summed E-state index contributed by atoms with van der Waals surface area (Å²) in [4.78, 5) is 33.9. The van der Waals surface area contributed by atoms with Crippen LogP contribution in [0.25, 0.3) is 0 Å². The van der Waals surface area contributed by atoms with Crippen LogP contribution in [0.4, 0.5) is 0 Å². The molecule has 0 radical (unpaired) electrons. The average molecular weight is 214 g/mol. The summed E-state index contributed by atoms with van der Waals surface area (Å²) in [5.74, 6) is -2.86. The molecule has 0 saturated carbocycles. The van der Waals surface area contributed by atoms with Crippen LogP contribution in [0, 0.1) is 5.92 Å². The maximum Gasteiger partial charge on any atom is 0.246 e. The molecule has 1 aliphatic heterocycles. The van der Waals surface area contributed by atoms with Crippen molar-refractivity contribution in [1.82, 2.24) is 10.6 Å². The first-order valence-electron chi connectivity index (χ1n) is 4.24. The van der Waals surface area contributed by atoms with Gasteiger partial charge in [-0.25, -0.2) is 0 Å². The van der Waals surface area contributed by atoms with Gasteiger partial charge in [0.25, 0.3) is 0 Å². The molecule has 0 aromatic heterocycles. The van der Waals surface area contributed by atoms with E-state index < -0.39 is 17.7 Å². The average Bonchev–Trinajstić information content (AvgIpc) is 2.01. The van der Waals surface area contributed by atoms with Crippen LogP contribution in [0.5, 0.6) is 0 Å². The molecule has 2 N–H and O–H groups in total. The van der Waals surface area contributed by atoms with Gasteiger partial charge in [-0.15, -0.1) is 0 Å². The van der Waals surface area contributed by atoms with Gasteiger partial charge < -0.3 is 10.6 Å². The van der Waals surface area contributed by atoms with E-state index >= 15 is 0 Å². The maximum atomic E-state index is 11.4. The Balaban J connectivity index is 2.77. The molecule has 0 aliphatic carbocycles. The lowest BCUT2D eigenvalue weighted by molar-refractivity contribution is -0.141. The lowest BCUT2D eigenvalue weighted by Crippen LogP contribution is -2.57. The van der Waals surface area contributed by atoms with E-state index in [-0.39, 0.29) is 17.3 Å². The fourth-order valence-corrected chi connectivity index (χ4v) is 1.40. The zero-order valence-electron chi connectivity index (χ0n) is 7.62. The van der Waals surface area contributed by atoms with E-state index in [1.807, 2.05) is 0 Å². The van der Waals surface area contributed by atoms with Crippen LogP contribution in [-0.4, -0.2) is 22.7 Å². The Morgan fingerprint density at radius 1 is 1.36 bits per heavy atom. The minimum absolute atomic E-state index is 0.0412. The zero-order valence-corrected chi connectivity index (χ0v) is 8.44. The van der Waals surface area contributed by atoms with Gasteiger partial charge in [-0.1, -0.05) is 6.92 Å². The summed E-state index contributed by atoms with van der Waals surface area (Å²) in [5, 5.41) is 4.44. The van der Waals surface area contributed by atoms with Gasteiger partial charge in [-0.3, -0.25) is 14.4 Å². The molecule has 0 bridgehead atoms. The van der Waals surface area contributed by atoms with E-state index in [4.69, 9.17) is 0 Å². The smallest absolute Gasteiger partial charge is 0.246 e. The number of thiocarbonyl (C=S) groups is 1. The molecule has 76 valence electrons. The van der Waals surface area contributed by atoms with Crippen LogP contribution in [0.1, 0.15) is 19.8 Å². The molecule has 1 saturated heterocycles. The van der Waals surface area contributed by atoms with E-state index in [1.54, 1.807) is 6.92 Å². The fourth-order valence-electron chi connectivity index (χ4n) is 1.20. The summed E-state index contributed by atoms with van der Waals surface area (Å²) in [6.45, 7) is 1.81. The van der Waals surface area contributed by atoms with Crippen LogP contribution in [0.3, 0.4) is 0 Å². The molecule has 1 aliphatic rings. The van der Waals surface area contributed by atoms with Crippen LogP contribution in [0.15, 0.2) is 0 Å². The van der Waals surface area contributed by atoms with Crippen molar-refractivity contribution in [3.05, 3.63) is 0 Å². The predicted molar refractivity (Wildman–Crippen MR) is 52.3 cm³/mol. The summed E-state index contributed by atoms with van der Waals surface area (Å²) in [5.41, 5.74) is 0. The van der Waals surface area contributed by atoms with Gasteiger partial charge in [0.15, 0.2) is 16.8 Å². The molecule has 0 aromatic carbocycles. The van der Waals surface area contributed by atoms with Crippen molar-refractivity contribution in [2.24, 2.45) is 5.92 Å². The standard InChI is InChI=1S/C8H10N2O3S/c1-2-3-4(11)5-6(12)9-8(14)10-7(5)13/h5H,2-3H2,1H3,(H2,9,10,12,13,14). The van der Waals surface area contributed by atoms with Crippen LogP contribution in [0.2, 0.25) is 0 Å². The molecule has 1 rings (SSSR count). The molecule has 0 unspecified atom stereocenters. The number of ketones is 1. The van der Waals surface area contributed by atoms with Gasteiger partial charge in [0, 0.05) is 6.42 Å². The molecule has 0 atom stereocenters. The first kappa shape index (κ1) is 10.8. The number of rotatable bonds is 3. The second-order valence-corrected chi connectivity index (χ2v) is 3.37. The molecule has 0 aromatic rings. The third-order valence-corrected chi connectivity index (χ3v) is 2.02. The number of carbonyl (C=O) groups excluding carboxylic acids is 3. The second kappa shape index (κ2) is 4.28. The summed E-state index contributed by atoms with van der Waals surface area (Å²) < 4.78 is 0. The van der Waals surface area contributed by atoms with Crippen molar-refractivity contribution < 1.29 is 14.4 Å². The number of hydrogen-bond donors (Lipinski definition) is 2. The largest absolute Gasteiger partial charge is 0.302 e. The molecule has 1 heterocycles. The van der Waals surface area contributed by atoms with Gasteiger partial charge in [0.1, 0.15) is 0 Å². The number of nitrogens with one attached hydrogen (secondary N) is 2. The lowest BCUT2D eigenvalue weighted by atomic mass is 9.97. The van der Waals surface area contributed by atoms with Crippen molar-refractivity contribution in [3.63, 3.8) is 0 Å². The Hall–Kier alpha value is -1.30. The summed E-state index contributed by atoms with van der Waals surface area (Å²) in [7, 11) is 0. The quantitative estimate of drug-likeness (QED) is 0.490. The van der Waals surface area contributed by atoms with Crippen LogP contribution >= 0.6 is 12.2 Å². The topological polar surface area (TPSA) is 75.3 Å². The molecular formula is C8H10N2O3S. The van der Waals surface area contributed by atoms with Crippen molar-refractivity contribution in [1.29, 1.82) is 0 Å². The van der Waals surface area contributed by atoms with Gasteiger partial charge in [-0.05, 0) is 18.6 Å². The summed E-state index contributed by atoms with van der Waals surface area (Å²) in [6, 6.07) is 0. The highest BCUT2D eigenvalue weighted by Crippen LogP contribution is 2.07. The Morgan fingerprint density at radius 3 is 2.29 bits per heavy atom. The number of amides is 2. The highest BCUT2D eigenvalue weighted by atomic mass is 32.1. The minimum Gasteiger partial charge on any atom is -0.302 e. The van der Waals surface area contributed by atoms with Gasteiger partial charge >= 0.3 is 0 Å². The maximum absolute atomic E-state index is 11.4. The molecule has 6 heteroatoms. The fraction of sp³-hybridized carbons (Fsp3) is 0.500. The van der Waals surface area contributed by atoms with E-state index in [0.717, 1.165) is 0 Å². The van der Waals surface area contributed by atoms with Gasteiger partial charge in [-0.2, -0.15) is 0 Å². The zero-order chi connectivity index (χ0) is 10.7. The lowest BCUT2D eigenvalue weighted by Gasteiger charge is -2.21. The Labute approximate surface area is 86.2 Å². The highest BCUT2D eigenvalue weighted by molar-refractivity contribution is 7.80. The molecule has 0 spiro atoms. The molecule has 1 fully saturated rings. The van der Waals surface area contributed by atoms with Crippen molar-refractivity contribution in [3.8, 4) is 0 Å². The first-order chi connectivity index (χ1) is 6.56. The van der Waals surface area contributed by atoms with E-state index in [2.05, 4.69) is 22.9 Å². The number of carbonyl (C=O) groups is 3. The van der Waals surface area contributed by atoms with Gasteiger partial charge in [0.2, 0.25) is 11.8 Å². The summed E-state index contributed by atoms with van der Waals surface area (Å²) >= 11 is 4.59. The molecule has 5 nitrogen and oxygen atoms in total. The third kappa shape index (κ3) is 2.14. The monoisotopic (exact) mass is 214 g/mol. The van der Waals surface area contributed by atoms with Gasteiger partial charge in [0.05, 0.1) is 0 Å². The highest BCUT2D eigenvalue weighted by Gasteiger charge is 2.37. The Kier molecular flexibility index (Phi) is 3.29. The third-order valence-electron chi connectivity index (χ3n) is 1.82. The first-order valence-corrected chi connectivity index (χ1v) is 4.65. The predicted octanol–water partition coefficient (Wildman–Crippen LogP) is -0.497. The van der Waals surface area contributed by atoms with Crippen molar-refractivity contribution in [2.75, 3.05) is 0 Å². The number of hydrogen-bond acceptors (Lipinski definition) is 4. The van der Waals surface area contributed by atoms with Crippen molar-refractivity contribution in [2.45, 2.75) is 19.8 Å². The Bertz CT molecular complexity index is 294. The molecular weight excluding hydrogens is 204 g/mol. The minimum atomic E-state index is -1.23. The van der Waals surface area contributed by atoms with Crippen LogP contribution < -0.4 is 10.6 Å². The van der Waals surface area contributed by atoms with Crippen LogP contribution in [-0.2, 0) is 14.4 Å². The summed E-state index contributed by atoms with van der Waals surface area (Å²) in [6.07, 6.45) is 0.832. The Morgan fingerprint density at radius 2 is 1.86 bits per heavy atom. The second-order valence-electron chi connectivity index (χ2n) is 2.96. The van der Waals surface area contributed by atoms with E-state index in [1.165, 1.54) is 0 Å². The number of Topliss-reactive ketones (excluding diaryl/α,β-unsaturated/α-hetero) is 1.